The average Bonchev–Trinajstić information content (AvgIpc) is 4.26. The zero-order valence-corrected chi connectivity index (χ0v) is 51.4. The summed E-state index contributed by atoms with van der Waals surface area (Å²) in [4.78, 5) is 8.63. The minimum Gasteiger partial charge on any atom is -0.400 e. The number of rotatable bonds is 22. The summed E-state index contributed by atoms with van der Waals surface area (Å²) in [5.74, 6) is 6.17. The number of sulfonamides is 3. The number of hydrogen-bond donors (Lipinski definition) is 6. The standard InChI is InChI=1S/C17H25N3O2S.C15H21N3O2S.C11H17N3O2S.C8H17ClO2.CH4O.ClH.HI/c1-19(2)10-7-15-12-18-17-6-5-14(11-16(15)17)13-23(21,22)20-8-3-4-9-20;16-6-5-13-10-17-15-4-3-12(9-14(13)15)11-21(19,20)18-7-1-2-8-18;12-13-11-5-3-10(4-6-11)9-17(15,16)14-7-1-2-8-14;1-3-10-8(11-4-2)6-5-7-9;1-2;;/h5-6,11-12,18H,3-4,7-10,13H2,1-2H3;3-4,9-10,17H,1-2,5-8,11,16H2;3-6,13H,1-2,7-9,12H2;8H,3-7H2,1-2H3;2H,1H3;2*1H. The number of nitrogens with one attached hydrogen (secondary N) is 3. The minimum absolute atomic E-state index is 0. The minimum atomic E-state index is -3.19. The van der Waals surface area contributed by atoms with Gasteiger partial charge in [0.15, 0.2) is 6.29 Å². The van der Waals surface area contributed by atoms with Crippen LogP contribution in [0.4, 0.5) is 5.69 Å². The number of fused-ring (bicyclic) bond motifs is 2. The van der Waals surface area contributed by atoms with Crippen molar-refractivity contribution in [2.45, 2.75) is 102 Å². The van der Waals surface area contributed by atoms with E-state index in [-0.39, 0.29) is 59.9 Å². The van der Waals surface area contributed by atoms with Crippen molar-refractivity contribution < 1.29 is 39.8 Å². The van der Waals surface area contributed by atoms with Gasteiger partial charge in [0.05, 0.1) is 17.3 Å². The van der Waals surface area contributed by atoms with Crippen LogP contribution in [-0.2, 0) is 69.6 Å². The van der Waals surface area contributed by atoms with E-state index in [1.54, 1.807) is 37.2 Å². The molecular weight excluding hydrogens is 1190 g/mol. The summed E-state index contributed by atoms with van der Waals surface area (Å²) in [5, 5.41) is 9.22. The molecule has 0 atom stereocenters. The van der Waals surface area contributed by atoms with Gasteiger partial charge in [-0.25, -0.2) is 38.2 Å². The molecule has 0 spiro atoms. The van der Waals surface area contributed by atoms with Crippen molar-refractivity contribution in [3.63, 3.8) is 0 Å². The monoisotopic (exact) mass is 1270 g/mol. The van der Waals surface area contributed by atoms with Crippen molar-refractivity contribution in [2.75, 3.05) is 98.1 Å². The van der Waals surface area contributed by atoms with Gasteiger partial charge in [0, 0.05) is 112 Å². The second-order valence-electron chi connectivity index (χ2n) is 18.6. The number of anilines is 1. The van der Waals surface area contributed by atoms with Gasteiger partial charge in [0.1, 0.15) is 0 Å². The molecule has 8 N–H and O–H groups in total. The normalized spacial score (nSPS) is 15.2. The molecule has 0 unspecified atom stereocenters. The van der Waals surface area contributed by atoms with E-state index in [1.165, 1.54) is 5.56 Å². The van der Waals surface area contributed by atoms with Gasteiger partial charge in [-0.05, 0) is 163 Å². The summed E-state index contributed by atoms with van der Waals surface area (Å²) in [6.45, 7) is 10.9. The van der Waals surface area contributed by atoms with Crippen molar-refractivity contribution in [1.29, 1.82) is 0 Å². The molecule has 5 heterocycles. The summed E-state index contributed by atoms with van der Waals surface area (Å²) in [7, 11) is -4.41. The molecule has 3 saturated heterocycles. The topological polar surface area (TPSA) is 250 Å². The van der Waals surface area contributed by atoms with Crippen molar-refractivity contribution in [2.24, 2.45) is 11.6 Å². The fraction of sp³-hybridized carbons (Fsp3) is 0.577. The second-order valence-corrected chi connectivity index (χ2v) is 24.9. The highest BCUT2D eigenvalue weighted by molar-refractivity contribution is 14.0. The number of ether oxygens (including phenoxy) is 2. The van der Waals surface area contributed by atoms with Crippen LogP contribution in [0.5, 0.6) is 0 Å². The predicted octanol–water partition coefficient (Wildman–Crippen LogP) is 7.74. The molecule has 3 aliphatic heterocycles. The first-order chi connectivity index (χ1) is 35.5. The SMILES string of the molecule is CCOC(CCCCl)OCC.CN(C)CCc1c[nH]c2ccc(CS(=O)(=O)N3CCCC3)cc12.CO.Cl.I.NCCc1c[nH]c2ccc(CS(=O)(=O)N3CCCC3)cc12.NNc1ccc(CS(=O)(=O)N2CCCC2)cc1. The van der Waals surface area contributed by atoms with Crippen LogP contribution in [0.1, 0.15) is 93.0 Å². The number of likely N-dealkylation sites (N-methyl/N-ethyl adjacent to an activating group) is 1. The summed E-state index contributed by atoms with van der Waals surface area (Å²) >= 11 is 5.53. The van der Waals surface area contributed by atoms with Crippen LogP contribution in [0.25, 0.3) is 21.8 Å². The number of halogens is 3. The van der Waals surface area contributed by atoms with Crippen molar-refractivity contribution in [1.82, 2.24) is 27.8 Å². The first-order valence-electron chi connectivity index (χ1n) is 25.8. The molecular formula is C52H86Cl2IN9O9S3. The lowest BCUT2D eigenvalue weighted by atomic mass is 10.1. The maximum Gasteiger partial charge on any atom is 0.218 e. The molecule has 0 radical (unpaired) electrons. The Kier molecular flexibility index (Phi) is 32.8. The summed E-state index contributed by atoms with van der Waals surface area (Å²) in [6, 6.07) is 18.9. The third kappa shape index (κ3) is 22.5. The van der Waals surface area contributed by atoms with Crippen LogP contribution in [0.2, 0.25) is 0 Å². The van der Waals surface area contributed by atoms with Crippen LogP contribution in [0, 0.1) is 0 Å². The molecule has 0 saturated carbocycles. The molecule has 18 nitrogen and oxygen atoms in total. The number of aliphatic hydroxyl groups is 1. The quantitative estimate of drug-likeness (QED) is 0.0128. The summed E-state index contributed by atoms with van der Waals surface area (Å²) in [6.07, 6.45) is 13.4. The van der Waals surface area contributed by atoms with E-state index in [1.807, 2.05) is 62.6 Å². The van der Waals surface area contributed by atoms with Gasteiger partial charge in [0.2, 0.25) is 30.1 Å². The number of nitrogens with zero attached hydrogens (tertiary/aromatic N) is 4. The van der Waals surface area contributed by atoms with Crippen molar-refractivity contribution in [3.05, 3.63) is 101 Å². The number of alkyl halides is 1. The lowest BCUT2D eigenvalue weighted by Crippen LogP contribution is -2.29. The Hall–Kier alpha value is -2.66. The lowest BCUT2D eigenvalue weighted by molar-refractivity contribution is -0.139. The maximum atomic E-state index is 12.5. The molecule has 3 aliphatic rings. The smallest absolute Gasteiger partial charge is 0.218 e. The largest absolute Gasteiger partial charge is 0.400 e. The molecule has 432 valence electrons. The van der Waals surface area contributed by atoms with Gasteiger partial charge in [0.25, 0.3) is 0 Å². The number of aliphatic hydroxyl groups excluding tert-OH is 1. The number of aromatic nitrogens is 2. The van der Waals surface area contributed by atoms with Gasteiger partial charge in [-0.15, -0.1) is 48.0 Å². The summed E-state index contributed by atoms with van der Waals surface area (Å²) in [5.41, 5.74) is 15.9. The Balaban J connectivity index is 0.000000350. The number of nitrogen functional groups attached to an aromatic ring is 1. The maximum absolute atomic E-state index is 12.5. The van der Waals surface area contributed by atoms with E-state index < -0.39 is 30.1 Å². The number of H-pyrrole nitrogens is 2. The van der Waals surface area contributed by atoms with Crippen molar-refractivity contribution in [3.8, 4) is 0 Å². The Morgan fingerprint density at radius 1 is 0.658 bits per heavy atom. The molecule has 24 heteroatoms. The molecule has 76 heavy (non-hydrogen) atoms. The van der Waals surface area contributed by atoms with E-state index in [0.717, 1.165) is 128 Å². The van der Waals surface area contributed by atoms with Gasteiger partial charge in [-0.2, -0.15) is 0 Å². The Labute approximate surface area is 481 Å². The first-order valence-corrected chi connectivity index (χ1v) is 31.1. The molecule has 2 aromatic heterocycles. The van der Waals surface area contributed by atoms with Crippen LogP contribution in [0.15, 0.2) is 73.1 Å². The summed E-state index contributed by atoms with van der Waals surface area (Å²) < 4.78 is 89.2. The van der Waals surface area contributed by atoms with Crippen LogP contribution >= 0.6 is 48.0 Å². The fourth-order valence-electron chi connectivity index (χ4n) is 8.88. The molecule has 0 bridgehead atoms. The van der Waals surface area contributed by atoms with E-state index >= 15 is 0 Å². The Morgan fingerprint density at radius 3 is 1.39 bits per heavy atom. The highest BCUT2D eigenvalue weighted by atomic mass is 127. The second kappa shape index (κ2) is 35.8. The Bertz CT molecular complexity index is 2730. The molecule has 8 rings (SSSR count). The highest BCUT2D eigenvalue weighted by Gasteiger charge is 2.28. The number of hydrogen-bond acceptors (Lipinski definition) is 13. The fourth-order valence-corrected chi connectivity index (χ4v) is 13.8. The van der Waals surface area contributed by atoms with E-state index in [9.17, 15) is 25.3 Å². The third-order valence-corrected chi connectivity index (χ3v) is 18.5. The number of benzene rings is 3. The van der Waals surface area contributed by atoms with E-state index in [4.69, 9.17) is 37.8 Å². The average molecular weight is 1280 g/mol. The van der Waals surface area contributed by atoms with Gasteiger partial charge < -0.3 is 40.6 Å². The Morgan fingerprint density at radius 2 is 1.04 bits per heavy atom. The van der Waals surface area contributed by atoms with Gasteiger partial charge >= 0.3 is 0 Å². The zero-order chi connectivity index (χ0) is 54.2. The molecule has 5 aromatic rings. The lowest BCUT2D eigenvalue weighted by Gasteiger charge is -2.15. The zero-order valence-electron chi connectivity index (χ0n) is 45.1. The highest BCUT2D eigenvalue weighted by Crippen LogP contribution is 2.26. The number of hydrazine groups is 1. The molecule has 0 amide bonds. The van der Waals surface area contributed by atoms with E-state index in [0.29, 0.717) is 64.9 Å². The number of aromatic amines is 2. The molecule has 3 fully saturated rings. The van der Waals surface area contributed by atoms with E-state index in [2.05, 4.69) is 34.4 Å². The van der Waals surface area contributed by atoms with Crippen molar-refractivity contribution >= 4 is 106 Å². The number of nitrogens with two attached hydrogens (primary N) is 2. The third-order valence-electron chi connectivity index (χ3n) is 12.7. The van der Waals surface area contributed by atoms with Crippen LogP contribution < -0.4 is 17.0 Å². The molecule has 0 aliphatic carbocycles. The van der Waals surface area contributed by atoms with Crippen LogP contribution in [0.3, 0.4) is 0 Å². The van der Waals surface area contributed by atoms with Gasteiger partial charge in [-0.3, -0.25) is 5.84 Å². The van der Waals surface area contributed by atoms with Gasteiger partial charge in [-0.1, -0.05) is 24.3 Å². The molecule has 3 aromatic carbocycles. The predicted molar refractivity (Wildman–Crippen MR) is 324 cm³/mol. The first kappa shape index (κ1) is 69.4. The van der Waals surface area contributed by atoms with Crippen LogP contribution in [-0.4, -0.2) is 157 Å².